The summed E-state index contributed by atoms with van der Waals surface area (Å²) in [6, 6.07) is 5.46. The molecule has 0 aliphatic carbocycles. The van der Waals surface area contributed by atoms with Gasteiger partial charge in [0.05, 0.1) is 5.02 Å². The molecule has 0 radical (unpaired) electrons. The van der Waals surface area contributed by atoms with Crippen molar-refractivity contribution in [2.75, 3.05) is 11.4 Å². The van der Waals surface area contributed by atoms with Crippen LogP contribution in [0, 0.1) is 11.6 Å². The smallest absolute Gasteiger partial charge is 0.251 e. The number of primary amides is 1. The van der Waals surface area contributed by atoms with Crippen LogP contribution in [-0.4, -0.2) is 40.2 Å². The molecule has 2 aromatic rings. The number of carbonyl (C=O) groups is 3. The lowest BCUT2D eigenvalue weighted by Crippen LogP contribution is -2.60. The van der Waals surface area contributed by atoms with Crippen molar-refractivity contribution in [2.24, 2.45) is 5.73 Å². The van der Waals surface area contributed by atoms with Gasteiger partial charge in [0.2, 0.25) is 11.8 Å². The molecule has 1 aliphatic heterocycles. The fourth-order valence-corrected chi connectivity index (χ4v) is 3.42. The number of amides is 3. The number of nitrogens with zero attached hydrogens (tertiary/aromatic N) is 3. The number of carbonyl (C=O) groups excluding carboxylic acids is 3. The third-order valence-corrected chi connectivity index (χ3v) is 5.13. The Labute approximate surface area is 182 Å². The van der Waals surface area contributed by atoms with E-state index in [9.17, 15) is 23.2 Å². The van der Waals surface area contributed by atoms with E-state index in [1.165, 1.54) is 35.4 Å². The highest BCUT2D eigenvalue weighted by atomic mass is 35.5. The van der Waals surface area contributed by atoms with Crippen molar-refractivity contribution in [3.63, 3.8) is 0 Å². The lowest BCUT2D eigenvalue weighted by atomic mass is 10.00. The Balaban J connectivity index is 1.91. The molecule has 3 amide bonds. The minimum absolute atomic E-state index is 0.0307. The SMILES string of the molecule is C=C(CCC1C(=O)N(c2ncc(Cl)cc2F)CC(=O)N1Cc1ccc(F)cc1)C(N)=O. The maximum atomic E-state index is 14.4. The Bertz CT molecular complexity index is 1050. The molecular weight excluding hydrogens is 430 g/mol. The van der Waals surface area contributed by atoms with Gasteiger partial charge in [0.15, 0.2) is 11.6 Å². The highest BCUT2D eigenvalue weighted by Gasteiger charge is 2.41. The minimum atomic E-state index is -1.03. The number of rotatable bonds is 7. The van der Waals surface area contributed by atoms with E-state index < -0.39 is 41.9 Å². The van der Waals surface area contributed by atoms with Crippen LogP contribution in [0.15, 0.2) is 48.7 Å². The first-order chi connectivity index (χ1) is 14.7. The molecule has 1 unspecified atom stereocenters. The van der Waals surface area contributed by atoms with E-state index in [0.29, 0.717) is 5.56 Å². The zero-order valence-corrected chi connectivity index (χ0v) is 17.1. The Morgan fingerprint density at radius 1 is 1.26 bits per heavy atom. The van der Waals surface area contributed by atoms with Crippen LogP contribution in [-0.2, 0) is 20.9 Å². The normalized spacial score (nSPS) is 16.5. The molecule has 1 aromatic carbocycles. The molecule has 31 heavy (non-hydrogen) atoms. The summed E-state index contributed by atoms with van der Waals surface area (Å²) in [6.07, 6.45) is 1.27. The van der Waals surface area contributed by atoms with Gasteiger partial charge in [-0.15, -0.1) is 0 Å². The van der Waals surface area contributed by atoms with Crippen molar-refractivity contribution in [1.82, 2.24) is 9.88 Å². The van der Waals surface area contributed by atoms with Gasteiger partial charge in [-0.05, 0) is 36.6 Å². The Morgan fingerprint density at radius 3 is 2.55 bits per heavy atom. The monoisotopic (exact) mass is 448 g/mol. The average Bonchev–Trinajstić information content (AvgIpc) is 2.71. The maximum absolute atomic E-state index is 14.4. The van der Waals surface area contributed by atoms with E-state index in [0.717, 1.165) is 11.0 Å². The molecule has 2 heterocycles. The quantitative estimate of drug-likeness (QED) is 0.658. The van der Waals surface area contributed by atoms with Crippen LogP contribution in [0.1, 0.15) is 18.4 Å². The maximum Gasteiger partial charge on any atom is 0.251 e. The van der Waals surface area contributed by atoms with E-state index in [4.69, 9.17) is 17.3 Å². The number of benzene rings is 1. The number of hydrogen-bond acceptors (Lipinski definition) is 4. The van der Waals surface area contributed by atoms with Crippen LogP contribution in [0.4, 0.5) is 14.6 Å². The Kier molecular flexibility index (Phi) is 6.65. The minimum Gasteiger partial charge on any atom is -0.366 e. The Morgan fingerprint density at radius 2 is 1.94 bits per heavy atom. The molecule has 2 N–H and O–H groups in total. The summed E-state index contributed by atoms with van der Waals surface area (Å²) < 4.78 is 27.6. The summed E-state index contributed by atoms with van der Waals surface area (Å²) in [7, 11) is 0. The molecule has 0 bridgehead atoms. The van der Waals surface area contributed by atoms with Gasteiger partial charge in [0, 0.05) is 18.3 Å². The van der Waals surface area contributed by atoms with Crippen molar-refractivity contribution < 1.29 is 23.2 Å². The molecular formula is C21H19ClF2N4O3. The number of pyridine rings is 1. The van der Waals surface area contributed by atoms with Gasteiger partial charge in [-0.3, -0.25) is 19.3 Å². The zero-order valence-electron chi connectivity index (χ0n) is 16.4. The van der Waals surface area contributed by atoms with E-state index in [-0.39, 0.29) is 35.8 Å². The van der Waals surface area contributed by atoms with Crippen LogP contribution in [0.3, 0.4) is 0 Å². The molecule has 1 aromatic heterocycles. The van der Waals surface area contributed by atoms with Crippen LogP contribution in [0.2, 0.25) is 5.02 Å². The molecule has 1 aliphatic rings. The second-order valence-electron chi connectivity index (χ2n) is 7.05. The lowest BCUT2D eigenvalue weighted by molar-refractivity contribution is -0.144. The van der Waals surface area contributed by atoms with Crippen molar-refractivity contribution in [3.05, 3.63) is 70.9 Å². The fraction of sp³-hybridized carbons (Fsp3) is 0.238. The van der Waals surface area contributed by atoms with E-state index in [1.807, 2.05) is 0 Å². The van der Waals surface area contributed by atoms with Gasteiger partial charge in [-0.25, -0.2) is 13.8 Å². The van der Waals surface area contributed by atoms with Gasteiger partial charge >= 0.3 is 0 Å². The van der Waals surface area contributed by atoms with Gasteiger partial charge in [-0.1, -0.05) is 30.3 Å². The third kappa shape index (κ3) is 5.05. The zero-order chi connectivity index (χ0) is 22.7. The molecule has 10 heteroatoms. The average molecular weight is 449 g/mol. The first-order valence-corrected chi connectivity index (χ1v) is 9.69. The highest BCUT2D eigenvalue weighted by Crippen LogP contribution is 2.27. The number of aromatic nitrogens is 1. The van der Waals surface area contributed by atoms with Crippen molar-refractivity contribution in [1.29, 1.82) is 0 Å². The first kappa shape index (κ1) is 22.4. The largest absolute Gasteiger partial charge is 0.366 e. The van der Waals surface area contributed by atoms with Crippen molar-refractivity contribution >= 4 is 35.1 Å². The van der Waals surface area contributed by atoms with E-state index in [2.05, 4.69) is 11.6 Å². The highest BCUT2D eigenvalue weighted by molar-refractivity contribution is 6.30. The van der Waals surface area contributed by atoms with E-state index in [1.54, 1.807) is 0 Å². The number of hydrogen-bond donors (Lipinski definition) is 1. The van der Waals surface area contributed by atoms with Crippen LogP contribution < -0.4 is 10.6 Å². The molecule has 0 saturated carbocycles. The lowest BCUT2D eigenvalue weighted by Gasteiger charge is -2.40. The first-order valence-electron chi connectivity index (χ1n) is 9.31. The van der Waals surface area contributed by atoms with Crippen LogP contribution in [0.25, 0.3) is 0 Å². The number of halogens is 3. The van der Waals surface area contributed by atoms with Crippen LogP contribution in [0.5, 0.6) is 0 Å². The topological polar surface area (TPSA) is 96.6 Å². The summed E-state index contributed by atoms with van der Waals surface area (Å²) in [5.74, 6) is -3.36. The molecule has 0 spiro atoms. The van der Waals surface area contributed by atoms with Crippen molar-refractivity contribution in [2.45, 2.75) is 25.4 Å². The third-order valence-electron chi connectivity index (χ3n) is 4.92. The molecule has 1 atom stereocenters. The molecule has 7 nitrogen and oxygen atoms in total. The molecule has 3 rings (SSSR count). The number of piperazine rings is 1. The standard InChI is InChI=1S/C21H19ClF2N4O3/c1-12(19(25)30)2-7-17-21(31)28(20-16(24)8-14(22)9-26-20)11-18(29)27(17)10-13-3-5-15(23)6-4-13/h3-6,8-9,17H,1-2,7,10-11H2,(H2,25,30). The van der Waals surface area contributed by atoms with Gasteiger partial charge in [-0.2, -0.15) is 0 Å². The number of anilines is 1. The summed E-state index contributed by atoms with van der Waals surface area (Å²) >= 11 is 5.73. The summed E-state index contributed by atoms with van der Waals surface area (Å²) in [4.78, 5) is 43.6. The second kappa shape index (κ2) is 9.22. The Hall–Kier alpha value is -3.33. The predicted molar refractivity (Wildman–Crippen MR) is 110 cm³/mol. The van der Waals surface area contributed by atoms with E-state index >= 15 is 0 Å². The van der Waals surface area contributed by atoms with Crippen LogP contribution >= 0.6 is 11.6 Å². The summed E-state index contributed by atoms with van der Waals surface area (Å²) in [5, 5.41) is 0.0456. The van der Waals surface area contributed by atoms with Gasteiger partial charge in [0.1, 0.15) is 18.4 Å². The van der Waals surface area contributed by atoms with Gasteiger partial charge < -0.3 is 10.6 Å². The van der Waals surface area contributed by atoms with Crippen molar-refractivity contribution in [3.8, 4) is 0 Å². The molecule has 162 valence electrons. The molecule has 1 saturated heterocycles. The van der Waals surface area contributed by atoms with Gasteiger partial charge in [0.25, 0.3) is 5.91 Å². The summed E-state index contributed by atoms with van der Waals surface area (Å²) in [6.45, 7) is 3.17. The second-order valence-corrected chi connectivity index (χ2v) is 7.49. The fourth-order valence-electron chi connectivity index (χ4n) is 3.27. The predicted octanol–water partition coefficient (Wildman–Crippen LogP) is 2.58. The molecule has 1 fully saturated rings. The number of nitrogens with two attached hydrogens (primary N) is 1. The summed E-state index contributed by atoms with van der Waals surface area (Å²) in [5.41, 5.74) is 5.91.